The van der Waals surface area contributed by atoms with Gasteiger partial charge >= 0.3 is 0 Å². The highest BCUT2D eigenvalue weighted by molar-refractivity contribution is 5.80. The molecule has 0 spiro atoms. The zero-order chi connectivity index (χ0) is 42.4. The summed E-state index contributed by atoms with van der Waals surface area (Å²) in [6, 6.07) is -1.01. The molecule has 0 fully saturated rings. The van der Waals surface area contributed by atoms with Crippen LogP contribution in [0.1, 0.15) is 258 Å². The minimum Gasteiger partial charge on any atom is -0.394 e. The van der Waals surface area contributed by atoms with Crippen LogP contribution in [0.4, 0.5) is 0 Å². The summed E-state index contributed by atoms with van der Waals surface area (Å²) in [5, 5.41) is 43.6. The van der Waals surface area contributed by atoms with E-state index in [1.807, 2.05) is 0 Å². The van der Waals surface area contributed by atoms with E-state index in [2.05, 4.69) is 55.6 Å². The van der Waals surface area contributed by atoms with Crippen LogP contribution in [0.25, 0.3) is 0 Å². The second-order valence-electron chi connectivity index (χ2n) is 17.5. The summed E-state index contributed by atoms with van der Waals surface area (Å²) < 4.78 is 0. The average Bonchev–Trinajstić information content (AvgIpc) is 3.23. The minimum atomic E-state index is -1.29. The number of amides is 1. The van der Waals surface area contributed by atoms with Crippen LogP contribution >= 0.6 is 0 Å². The fourth-order valence-corrected chi connectivity index (χ4v) is 7.79. The van der Waals surface area contributed by atoms with Gasteiger partial charge in [-0.3, -0.25) is 4.79 Å². The van der Waals surface area contributed by atoms with E-state index < -0.39 is 36.9 Å². The Labute approximate surface area is 360 Å². The number of hydrogen-bond donors (Lipinski definition) is 5. The Morgan fingerprint density at radius 3 is 1.09 bits per heavy atom. The van der Waals surface area contributed by atoms with Crippen molar-refractivity contribution < 1.29 is 25.2 Å². The summed E-state index contributed by atoms with van der Waals surface area (Å²) in [5.41, 5.74) is 0. The van der Waals surface area contributed by atoms with Gasteiger partial charge in [-0.1, -0.05) is 230 Å². The standard InChI is InChI=1S/C52H99NO5/c1-3-5-7-9-11-13-15-16-17-18-19-20-21-22-23-24-25-26-27-28-29-30-31-32-33-34-36-37-39-41-43-45-49(55)51(57)48(47-54)53-52(58)50(56)46-44-42-40-38-35-14-12-10-8-6-4-2/h28-29,32-33,37,39,48-51,54-57H,3-27,30-31,34-36,38,40-47H2,1-2H3,(H,53,58)/b29-28+,33-32+,39-37+. The molecule has 0 aromatic heterocycles. The molecular weight excluding hydrogens is 719 g/mol. The van der Waals surface area contributed by atoms with Gasteiger partial charge in [-0.05, 0) is 64.2 Å². The summed E-state index contributed by atoms with van der Waals surface area (Å²) in [5.74, 6) is -0.600. The van der Waals surface area contributed by atoms with Crippen molar-refractivity contribution in [3.8, 4) is 0 Å². The van der Waals surface area contributed by atoms with Crippen molar-refractivity contribution in [3.63, 3.8) is 0 Å². The van der Waals surface area contributed by atoms with Crippen molar-refractivity contribution in [2.45, 2.75) is 282 Å². The van der Waals surface area contributed by atoms with Crippen LogP contribution in [0.5, 0.6) is 0 Å². The highest BCUT2D eigenvalue weighted by Crippen LogP contribution is 2.16. The first kappa shape index (κ1) is 56.5. The molecule has 5 N–H and O–H groups in total. The Hall–Kier alpha value is -1.47. The van der Waals surface area contributed by atoms with Crippen LogP contribution in [-0.4, -0.2) is 57.3 Å². The summed E-state index contributed by atoms with van der Waals surface area (Å²) in [6.07, 6.45) is 56.5. The van der Waals surface area contributed by atoms with E-state index in [0.717, 1.165) is 51.4 Å². The van der Waals surface area contributed by atoms with E-state index in [1.54, 1.807) is 0 Å². The molecule has 4 atom stereocenters. The van der Waals surface area contributed by atoms with E-state index in [0.29, 0.717) is 19.3 Å². The second-order valence-corrected chi connectivity index (χ2v) is 17.5. The lowest BCUT2D eigenvalue weighted by Crippen LogP contribution is -2.53. The molecule has 58 heavy (non-hydrogen) atoms. The summed E-state index contributed by atoms with van der Waals surface area (Å²) >= 11 is 0. The van der Waals surface area contributed by atoms with E-state index in [9.17, 15) is 25.2 Å². The Balaban J connectivity index is 3.68. The number of aliphatic hydroxyl groups excluding tert-OH is 4. The largest absolute Gasteiger partial charge is 0.394 e. The van der Waals surface area contributed by atoms with Crippen LogP contribution < -0.4 is 5.32 Å². The molecule has 1 amide bonds. The Morgan fingerprint density at radius 1 is 0.414 bits per heavy atom. The van der Waals surface area contributed by atoms with Gasteiger partial charge in [0.15, 0.2) is 0 Å². The molecule has 0 heterocycles. The lowest BCUT2D eigenvalue weighted by Gasteiger charge is -2.27. The first-order chi connectivity index (χ1) is 28.5. The lowest BCUT2D eigenvalue weighted by atomic mass is 10.00. The smallest absolute Gasteiger partial charge is 0.249 e. The maximum absolute atomic E-state index is 12.5. The third kappa shape index (κ3) is 40.0. The van der Waals surface area contributed by atoms with Gasteiger partial charge in [0, 0.05) is 0 Å². The average molecular weight is 818 g/mol. The molecule has 0 aromatic carbocycles. The van der Waals surface area contributed by atoms with E-state index >= 15 is 0 Å². The van der Waals surface area contributed by atoms with Gasteiger partial charge < -0.3 is 25.7 Å². The van der Waals surface area contributed by atoms with Crippen LogP contribution in [0, 0.1) is 0 Å². The molecule has 0 bridgehead atoms. The predicted octanol–water partition coefficient (Wildman–Crippen LogP) is 14.1. The number of carbonyl (C=O) groups excluding carboxylic acids is 1. The van der Waals surface area contributed by atoms with Crippen molar-refractivity contribution in [2.75, 3.05) is 6.61 Å². The van der Waals surface area contributed by atoms with Gasteiger partial charge in [-0.2, -0.15) is 0 Å². The van der Waals surface area contributed by atoms with Crippen LogP contribution in [0.2, 0.25) is 0 Å². The van der Waals surface area contributed by atoms with Crippen molar-refractivity contribution in [3.05, 3.63) is 36.5 Å². The molecule has 0 saturated heterocycles. The van der Waals surface area contributed by atoms with Crippen LogP contribution in [0.3, 0.4) is 0 Å². The molecule has 0 aliphatic heterocycles. The Bertz CT molecular complexity index is 919. The third-order valence-corrected chi connectivity index (χ3v) is 11.8. The van der Waals surface area contributed by atoms with E-state index in [1.165, 1.54) is 173 Å². The fourth-order valence-electron chi connectivity index (χ4n) is 7.79. The number of aliphatic hydroxyl groups is 4. The fraction of sp³-hybridized carbons (Fsp3) is 0.865. The SMILES string of the molecule is CCCCCCCCCCCCCCCCCCCC/C=C/CC/C=C/CC/C=C/CCCC(O)C(O)C(CO)NC(=O)C(O)CCCCCCCCCCCCC. The number of unbranched alkanes of at least 4 members (excludes halogenated alkanes) is 31. The van der Waals surface area contributed by atoms with Gasteiger partial charge in [0.1, 0.15) is 12.2 Å². The van der Waals surface area contributed by atoms with E-state index in [-0.39, 0.29) is 0 Å². The molecule has 0 rings (SSSR count). The summed E-state index contributed by atoms with van der Waals surface area (Å²) in [4.78, 5) is 12.5. The number of hydrogen-bond acceptors (Lipinski definition) is 5. The zero-order valence-corrected chi connectivity index (χ0v) is 38.5. The van der Waals surface area contributed by atoms with Crippen molar-refractivity contribution >= 4 is 5.91 Å². The zero-order valence-electron chi connectivity index (χ0n) is 38.5. The highest BCUT2D eigenvalue weighted by atomic mass is 16.3. The van der Waals surface area contributed by atoms with Crippen molar-refractivity contribution in [2.24, 2.45) is 0 Å². The molecule has 0 radical (unpaired) electrons. The maximum atomic E-state index is 12.5. The molecule has 0 saturated carbocycles. The van der Waals surface area contributed by atoms with Gasteiger partial charge in [0.05, 0.1) is 18.8 Å². The number of carbonyl (C=O) groups is 1. The van der Waals surface area contributed by atoms with Crippen LogP contribution in [-0.2, 0) is 4.79 Å². The quantitative estimate of drug-likeness (QED) is 0.0310. The minimum absolute atomic E-state index is 0.360. The normalized spacial score (nSPS) is 14.2. The molecule has 342 valence electrons. The first-order valence-corrected chi connectivity index (χ1v) is 25.4. The first-order valence-electron chi connectivity index (χ1n) is 25.4. The summed E-state index contributed by atoms with van der Waals surface area (Å²) in [7, 11) is 0. The molecular formula is C52H99NO5. The third-order valence-electron chi connectivity index (χ3n) is 11.8. The van der Waals surface area contributed by atoms with Gasteiger partial charge in [0.2, 0.25) is 5.91 Å². The lowest BCUT2D eigenvalue weighted by molar-refractivity contribution is -0.132. The van der Waals surface area contributed by atoms with E-state index in [4.69, 9.17) is 0 Å². The predicted molar refractivity (Wildman–Crippen MR) is 251 cm³/mol. The molecule has 0 aromatic rings. The molecule has 6 nitrogen and oxygen atoms in total. The Kier molecular flexibility index (Phi) is 45.4. The molecule has 6 heteroatoms. The van der Waals surface area contributed by atoms with Gasteiger partial charge in [-0.25, -0.2) is 0 Å². The molecule has 4 unspecified atom stereocenters. The molecule has 0 aliphatic carbocycles. The monoisotopic (exact) mass is 818 g/mol. The molecule has 0 aliphatic rings. The van der Waals surface area contributed by atoms with Gasteiger partial charge in [-0.15, -0.1) is 0 Å². The summed E-state index contributed by atoms with van der Waals surface area (Å²) in [6.45, 7) is 4.03. The number of nitrogens with one attached hydrogen (secondary N) is 1. The Morgan fingerprint density at radius 2 is 0.724 bits per heavy atom. The number of rotatable bonds is 46. The topological polar surface area (TPSA) is 110 Å². The number of allylic oxidation sites excluding steroid dienone is 6. The van der Waals surface area contributed by atoms with Crippen molar-refractivity contribution in [1.29, 1.82) is 0 Å². The second kappa shape index (κ2) is 46.6. The highest BCUT2D eigenvalue weighted by Gasteiger charge is 2.28. The van der Waals surface area contributed by atoms with Crippen molar-refractivity contribution in [1.82, 2.24) is 5.32 Å². The maximum Gasteiger partial charge on any atom is 0.249 e. The van der Waals surface area contributed by atoms with Gasteiger partial charge in [0.25, 0.3) is 0 Å². The van der Waals surface area contributed by atoms with Crippen LogP contribution in [0.15, 0.2) is 36.5 Å².